The van der Waals surface area contributed by atoms with Crippen molar-refractivity contribution >= 4 is 12.1 Å². The number of hydrazone groups is 1. The Kier molecular flexibility index (Phi) is 2.44. The predicted molar refractivity (Wildman–Crippen MR) is 61.0 cm³/mol. The summed E-state index contributed by atoms with van der Waals surface area (Å²) in [6.07, 6.45) is 3.55. The van der Waals surface area contributed by atoms with Crippen molar-refractivity contribution in [2.24, 2.45) is 11.0 Å². The summed E-state index contributed by atoms with van der Waals surface area (Å²) in [6, 6.07) is 5.52. The van der Waals surface area contributed by atoms with Gasteiger partial charge in [-0.15, -0.1) is 0 Å². The van der Waals surface area contributed by atoms with Gasteiger partial charge in [0.15, 0.2) is 11.5 Å². The molecule has 88 valence electrons. The Morgan fingerprint density at radius 2 is 2.18 bits per heavy atom. The molecule has 1 N–H and O–H groups in total. The van der Waals surface area contributed by atoms with Crippen LogP contribution in [-0.2, 0) is 4.79 Å². The molecule has 1 heterocycles. The molecule has 3 rings (SSSR count). The fourth-order valence-electron chi connectivity index (χ4n) is 1.60. The minimum atomic E-state index is 0.00185. The molecule has 5 heteroatoms. The number of nitrogens with zero attached hydrogens (tertiary/aromatic N) is 1. The van der Waals surface area contributed by atoms with E-state index in [1.54, 1.807) is 6.21 Å². The van der Waals surface area contributed by atoms with E-state index in [1.165, 1.54) is 0 Å². The molecule has 1 aromatic rings. The lowest BCUT2D eigenvalue weighted by Gasteiger charge is -1.98. The number of amides is 1. The Morgan fingerprint density at radius 3 is 3.00 bits per heavy atom. The topological polar surface area (TPSA) is 59.9 Å². The Balaban J connectivity index is 1.64. The minimum Gasteiger partial charge on any atom is -0.454 e. The van der Waals surface area contributed by atoms with Crippen LogP contribution in [0.3, 0.4) is 0 Å². The van der Waals surface area contributed by atoms with Crippen LogP contribution in [0.1, 0.15) is 18.4 Å². The summed E-state index contributed by atoms with van der Waals surface area (Å²) in [4.78, 5) is 11.3. The highest BCUT2D eigenvalue weighted by molar-refractivity contribution is 5.84. The Bertz CT molecular complexity index is 481. The number of hydrogen-bond acceptors (Lipinski definition) is 4. The highest BCUT2D eigenvalue weighted by Gasteiger charge is 2.29. The molecule has 0 aromatic heterocycles. The summed E-state index contributed by atoms with van der Waals surface area (Å²) in [5.74, 6) is 1.62. The summed E-state index contributed by atoms with van der Waals surface area (Å²) in [5, 5.41) is 3.91. The zero-order chi connectivity index (χ0) is 11.7. The number of nitrogens with one attached hydrogen (secondary N) is 1. The van der Waals surface area contributed by atoms with Gasteiger partial charge in [-0.3, -0.25) is 4.79 Å². The van der Waals surface area contributed by atoms with Crippen molar-refractivity contribution in [3.8, 4) is 11.5 Å². The SMILES string of the molecule is O=C(N/N=C\c1ccc2c(c1)OCO2)C1CC1. The van der Waals surface area contributed by atoms with Crippen molar-refractivity contribution in [1.29, 1.82) is 0 Å². The van der Waals surface area contributed by atoms with Gasteiger partial charge in [0.25, 0.3) is 0 Å². The third-order valence-corrected chi connectivity index (χ3v) is 2.73. The minimum absolute atomic E-state index is 0.00185. The van der Waals surface area contributed by atoms with Gasteiger partial charge in [-0.1, -0.05) is 0 Å². The molecule has 0 spiro atoms. The van der Waals surface area contributed by atoms with Crippen LogP contribution in [0.4, 0.5) is 0 Å². The fourth-order valence-corrected chi connectivity index (χ4v) is 1.60. The smallest absolute Gasteiger partial charge is 0.243 e. The summed E-state index contributed by atoms with van der Waals surface area (Å²) in [7, 11) is 0. The number of ether oxygens (including phenoxy) is 2. The van der Waals surface area contributed by atoms with Gasteiger partial charge in [0, 0.05) is 5.92 Å². The van der Waals surface area contributed by atoms with Crippen LogP contribution < -0.4 is 14.9 Å². The molecule has 2 aliphatic rings. The first-order chi connectivity index (χ1) is 8.33. The number of hydrogen-bond donors (Lipinski definition) is 1. The van der Waals surface area contributed by atoms with Gasteiger partial charge < -0.3 is 9.47 Å². The molecule has 1 aromatic carbocycles. The van der Waals surface area contributed by atoms with Crippen molar-refractivity contribution in [2.45, 2.75) is 12.8 Å². The first-order valence-electron chi connectivity index (χ1n) is 5.55. The zero-order valence-electron chi connectivity index (χ0n) is 9.18. The molecular weight excluding hydrogens is 220 g/mol. The lowest BCUT2D eigenvalue weighted by molar-refractivity contribution is -0.122. The van der Waals surface area contributed by atoms with E-state index in [4.69, 9.17) is 9.47 Å². The van der Waals surface area contributed by atoms with Gasteiger partial charge in [-0.25, -0.2) is 5.43 Å². The second-order valence-electron chi connectivity index (χ2n) is 4.12. The standard InChI is InChI=1S/C12H12N2O3/c15-12(9-2-3-9)14-13-6-8-1-4-10-11(5-8)17-7-16-10/h1,4-6,9H,2-3,7H2,(H,14,15)/b13-6-. The first kappa shape index (κ1) is 10.1. The Labute approximate surface area is 98.4 Å². The molecule has 17 heavy (non-hydrogen) atoms. The van der Waals surface area contributed by atoms with E-state index >= 15 is 0 Å². The fraction of sp³-hybridized carbons (Fsp3) is 0.333. The highest BCUT2D eigenvalue weighted by Crippen LogP contribution is 2.32. The van der Waals surface area contributed by atoms with Crippen molar-refractivity contribution in [3.05, 3.63) is 23.8 Å². The molecule has 1 aliphatic carbocycles. The predicted octanol–water partition coefficient (Wildman–Crippen LogP) is 1.28. The molecule has 0 atom stereocenters. The van der Waals surface area contributed by atoms with E-state index in [2.05, 4.69) is 10.5 Å². The third kappa shape index (κ3) is 2.22. The quantitative estimate of drug-likeness (QED) is 0.630. The highest BCUT2D eigenvalue weighted by atomic mass is 16.7. The number of fused-ring (bicyclic) bond motifs is 1. The van der Waals surface area contributed by atoms with Crippen LogP contribution in [-0.4, -0.2) is 18.9 Å². The molecule has 1 fully saturated rings. The molecule has 1 amide bonds. The maximum absolute atomic E-state index is 11.3. The summed E-state index contributed by atoms with van der Waals surface area (Å²) < 4.78 is 10.4. The van der Waals surface area contributed by atoms with E-state index in [9.17, 15) is 4.79 Å². The van der Waals surface area contributed by atoms with Crippen molar-refractivity contribution in [3.63, 3.8) is 0 Å². The van der Waals surface area contributed by atoms with Gasteiger partial charge in [0.2, 0.25) is 12.7 Å². The number of rotatable bonds is 3. The summed E-state index contributed by atoms with van der Waals surface area (Å²) >= 11 is 0. The second-order valence-corrected chi connectivity index (χ2v) is 4.12. The molecule has 0 unspecified atom stereocenters. The third-order valence-electron chi connectivity index (χ3n) is 2.73. The Hall–Kier alpha value is -2.04. The number of carbonyl (C=O) groups is 1. The molecule has 1 aliphatic heterocycles. The first-order valence-corrected chi connectivity index (χ1v) is 5.55. The van der Waals surface area contributed by atoms with Crippen molar-refractivity contribution in [2.75, 3.05) is 6.79 Å². The largest absolute Gasteiger partial charge is 0.454 e. The van der Waals surface area contributed by atoms with Crippen LogP contribution in [0.5, 0.6) is 11.5 Å². The summed E-state index contributed by atoms with van der Waals surface area (Å²) in [5.41, 5.74) is 3.39. The van der Waals surface area contributed by atoms with Crippen molar-refractivity contribution in [1.82, 2.24) is 5.43 Å². The Morgan fingerprint density at radius 1 is 1.35 bits per heavy atom. The second kappa shape index (κ2) is 4.08. The zero-order valence-corrected chi connectivity index (χ0v) is 9.18. The molecular formula is C12H12N2O3. The average molecular weight is 232 g/mol. The molecule has 0 saturated heterocycles. The normalized spacial score (nSPS) is 17.4. The van der Waals surface area contributed by atoms with Gasteiger partial charge >= 0.3 is 0 Å². The van der Waals surface area contributed by atoms with E-state index in [0.29, 0.717) is 5.75 Å². The number of carbonyl (C=O) groups excluding carboxylic acids is 1. The van der Waals surface area contributed by atoms with Gasteiger partial charge in [0.05, 0.1) is 6.21 Å². The van der Waals surface area contributed by atoms with E-state index in [0.717, 1.165) is 24.2 Å². The van der Waals surface area contributed by atoms with E-state index in [1.807, 2.05) is 18.2 Å². The van der Waals surface area contributed by atoms with Crippen LogP contribution in [0.2, 0.25) is 0 Å². The lowest BCUT2D eigenvalue weighted by Crippen LogP contribution is -2.18. The molecule has 5 nitrogen and oxygen atoms in total. The summed E-state index contributed by atoms with van der Waals surface area (Å²) in [6.45, 7) is 0.258. The molecule has 0 radical (unpaired) electrons. The van der Waals surface area contributed by atoms with Gasteiger partial charge in [0.1, 0.15) is 0 Å². The maximum atomic E-state index is 11.3. The maximum Gasteiger partial charge on any atom is 0.243 e. The molecule has 0 bridgehead atoms. The van der Waals surface area contributed by atoms with E-state index < -0.39 is 0 Å². The van der Waals surface area contributed by atoms with E-state index in [-0.39, 0.29) is 18.6 Å². The monoisotopic (exact) mass is 232 g/mol. The van der Waals surface area contributed by atoms with Crippen LogP contribution in [0, 0.1) is 5.92 Å². The van der Waals surface area contributed by atoms with Crippen LogP contribution in [0.15, 0.2) is 23.3 Å². The number of benzene rings is 1. The van der Waals surface area contributed by atoms with Gasteiger partial charge in [-0.2, -0.15) is 5.10 Å². The lowest BCUT2D eigenvalue weighted by atomic mass is 10.2. The van der Waals surface area contributed by atoms with Crippen molar-refractivity contribution < 1.29 is 14.3 Å². The van der Waals surface area contributed by atoms with Crippen LogP contribution in [0.25, 0.3) is 0 Å². The van der Waals surface area contributed by atoms with Crippen LogP contribution >= 0.6 is 0 Å². The molecule has 1 saturated carbocycles. The average Bonchev–Trinajstić information content (AvgIpc) is 3.08. The van der Waals surface area contributed by atoms with Gasteiger partial charge in [-0.05, 0) is 36.6 Å².